The standard InChI is InChI=1S/C18H25N3O4/c1-4-5-9-20(2)18(24)19-13-7-8-14-15(12-13)17(23)21(16(14)22)10-6-11-25-3/h7-8,12H,4-6,9-11H2,1-3H3,(H,19,24). The molecule has 4 amide bonds. The molecule has 7 nitrogen and oxygen atoms in total. The van der Waals surface area contributed by atoms with Gasteiger partial charge in [-0.2, -0.15) is 0 Å². The number of fused-ring (bicyclic) bond motifs is 1. The minimum absolute atomic E-state index is 0.234. The highest BCUT2D eigenvalue weighted by Crippen LogP contribution is 2.26. The molecule has 0 aromatic heterocycles. The topological polar surface area (TPSA) is 79.0 Å². The third kappa shape index (κ3) is 4.36. The first-order chi connectivity index (χ1) is 12.0. The lowest BCUT2D eigenvalue weighted by atomic mass is 10.1. The van der Waals surface area contributed by atoms with Crippen LogP contribution in [0.3, 0.4) is 0 Å². The summed E-state index contributed by atoms with van der Waals surface area (Å²) in [5.41, 5.74) is 1.21. The van der Waals surface area contributed by atoms with Gasteiger partial charge in [-0.05, 0) is 31.0 Å². The number of imide groups is 1. The van der Waals surface area contributed by atoms with Crippen molar-refractivity contribution in [1.82, 2.24) is 9.80 Å². The molecule has 0 bridgehead atoms. The second kappa shape index (κ2) is 8.62. The van der Waals surface area contributed by atoms with E-state index in [4.69, 9.17) is 4.74 Å². The van der Waals surface area contributed by atoms with Crippen LogP contribution in [-0.4, -0.2) is 61.5 Å². The van der Waals surface area contributed by atoms with Crippen LogP contribution in [0.15, 0.2) is 18.2 Å². The Hall–Kier alpha value is -2.41. The van der Waals surface area contributed by atoms with Crippen molar-refractivity contribution in [2.75, 3.05) is 39.2 Å². The van der Waals surface area contributed by atoms with Crippen LogP contribution >= 0.6 is 0 Å². The van der Waals surface area contributed by atoms with E-state index in [2.05, 4.69) is 12.2 Å². The number of carbonyl (C=O) groups excluding carboxylic acids is 3. The largest absolute Gasteiger partial charge is 0.385 e. The van der Waals surface area contributed by atoms with Crippen LogP contribution in [-0.2, 0) is 4.74 Å². The fourth-order valence-electron chi connectivity index (χ4n) is 2.65. The molecule has 136 valence electrons. The average molecular weight is 347 g/mol. The van der Waals surface area contributed by atoms with E-state index in [1.807, 2.05) is 0 Å². The van der Waals surface area contributed by atoms with Crippen LogP contribution < -0.4 is 5.32 Å². The van der Waals surface area contributed by atoms with Crippen LogP contribution in [0.4, 0.5) is 10.5 Å². The summed E-state index contributed by atoms with van der Waals surface area (Å²) in [6.45, 7) is 3.53. The molecule has 7 heteroatoms. The number of benzene rings is 1. The zero-order valence-corrected chi connectivity index (χ0v) is 15.0. The molecule has 0 aliphatic carbocycles. The minimum atomic E-state index is -0.327. The second-order valence-electron chi connectivity index (χ2n) is 6.07. The fourth-order valence-corrected chi connectivity index (χ4v) is 2.65. The lowest BCUT2D eigenvalue weighted by molar-refractivity contribution is 0.0638. The molecule has 1 heterocycles. The molecule has 0 unspecified atom stereocenters. The number of urea groups is 1. The van der Waals surface area contributed by atoms with Crippen molar-refractivity contribution in [3.05, 3.63) is 29.3 Å². The van der Waals surface area contributed by atoms with Gasteiger partial charge in [0.2, 0.25) is 0 Å². The number of ether oxygens (including phenoxy) is 1. The minimum Gasteiger partial charge on any atom is -0.385 e. The molecule has 0 saturated heterocycles. The van der Waals surface area contributed by atoms with Crippen LogP contribution in [0.25, 0.3) is 0 Å². The van der Waals surface area contributed by atoms with E-state index in [1.54, 1.807) is 37.3 Å². The van der Waals surface area contributed by atoms with Crippen LogP contribution in [0.1, 0.15) is 46.9 Å². The molecule has 1 aromatic rings. The van der Waals surface area contributed by atoms with E-state index < -0.39 is 0 Å². The second-order valence-corrected chi connectivity index (χ2v) is 6.07. The Kier molecular flexibility index (Phi) is 6.52. The van der Waals surface area contributed by atoms with E-state index in [0.717, 1.165) is 12.8 Å². The van der Waals surface area contributed by atoms with Crippen molar-refractivity contribution in [2.45, 2.75) is 26.2 Å². The third-order valence-electron chi connectivity index (χ3n) is 4.15. The van der Waals surface area contributed by atoms with Gasteiger partial charge in [0.05, 0.1) is 11.1 Å². The number of hydrogen-bond acceptors (Lipinski definition) is 4. The van der Waals surface area contributed by atoms with Crippen molar-refractivity contribution in [2.24, 2.45) is 0 Å². The number of methoxy groups -OCH3 is 1. The van der Waals surface area contributed by atoms with Gasteiger partial charge < -0.3 is 15.0 Å². The Morgan fingerprint density at radius 3 is 2.60 bits per heavy atom. The molecule has 2 rings (SSSR count). The smallest absolute Gasteiger partial charge is 0.321 e. The van der Waals surface area contributed by atoms with Crippen molar-refractivity contribution in [3.63, 3.8) is 0 Å². The average Bonchev–Trinajstić information content (AvgIpc) is 2.84. The number of carbonyl (C=O) groups is 3. The summed E-state index contributed by atoms with van der Waals surface area (Å²) in [4.78, 5) is 39.8. The molecule has 0 spiro atoms. The third-order valence-corrected chi connectivity index (χ3v) is 4.15. The van der Waals surface area contributed by atoms with Crippen molar-refractivity contribution < 1.29 is 19.1 Å². The van der Waals surface area contributed by atoms with Crippen LogP contribution in [0, 0.1) is 0 Å². The summed E-state index contributed by atoms with van der Waals surface area (Å²) in [6, 6.07) is 4.57. The summed E-state index contributed by atoms with van der Waals surface area (Å²) in [7, 11) is 3.30. The number of nitrogens with zero attached hydrogens (tertiary/aromatic N) is 2. The van der Waals surface area contributed by atoms with Crippen LogP contribution in [0.2, 0.25) is 0 Å². The maximum absolute atomic E-state index is 12.5. The Morgan fingerprint density at radius 1 is 1.20 bits per heavy atom. The molecule has 1 aliphatic heterocycles. The lowest BCUT2D eigenvalue weighted by Crippen LogP contribution is -2.32. The van der Waals surface area contributed by atoms with E-state index in [0.29, 0.717) is 42.9 Å². The van der Waals surface area contributed by atoms with Crippen molar-refractivity contribution in [3.8, 4) is 0 Å². The Labute approximate surface area is 147 Å². The molecular formula is C18H25N3O4. The quantitative estimate of drug-likeness (QED) is 0.579. The predicted molar refractivity (Wildman–Crippen MR) is 94.9 cm³/mol. The highest BCUT2D eigenvalue weighted by atomic mass is 16.5. The molecule has 0 radical (unpaired) electrons. The number of unbranched alkanes of at least 4 members (excludes halogenated alkanes) is 1. The normalized spacial score (nSPS) is 13.2. The van der Waals surface area contributed by atoms with Gasteiger partial charge in [0.1, 0.15) is 0 Å². The molecule has 0 saturated carbocycles. The molecule has 25 heavy (non-hydrogen) atoms. The summed E-state index contributed by atoms with van der Waals surface area (Å²) in [5, 5.41) is 2.77. The van der Waals surface area contributed by atoms with Gasteiger partial charge in [-0.15, -0.1) is 0 Å². The van der Waals surface area contributed by atoms with E-state index in [1.165, 1.54) is 4.90 Å². The molecule has 1 N–H and O–H groups in total. The Balaban J connectivity index is 2.07. The van der Waals surface area contributed by atoms with Gasteiger partial charge in [-0.25, -0.2) is 4.79 Å². The number of hydrogen-bond donors (Lipinski definition) is 1. The SMILES string of the molecule is CCCCN(C)C(=O)Nc1ccc2c(c1)C(=O)N(CCCOC)C2=O. The zero-order chi connectivity index (χ0) is 18.4. The van der Waals surface area contributed by atoms with Gasteiger partial charge in [0.15, 0.2) is 0 Å². The first-order valence-corrected chi connectivity index (χ1v) is 8.50. The zero-order valence-electron chi connectivity index (χ0n) is 15.0. The molecule has 0 fully saturated rings. The van der Waals surface area contributed by atoms with Gasteiger partial charge in [0.25, 0.3) is 11.8 Å². The monoisotopic (exact) mass is 347 g/mol. The number of amides is 4. The molecule has 1 aliphatic rings. The van der Waals surface area contributed by atoms with Gasteiger partial charge >= 0.3 is 6.03 Å². The maximum atomic E-state index is 12.5. The molecular weight excluding hydrogens is 322 g/mol. The summed E-state index contributed by atoms with van der Waals surface area (Å²) in [6.07, 6.45) is 2.53. The number of rotatable bonds is 8. The van der Waals surface area contributed by atoms with Crippen LogP contribution in [0.5, 0.6) is 0 Å². The van der Waals surface area contributed by atoms with Crippen molar-refractivity contribution in [1.29, 1.82) is 0 Å². The predicted octanol–water partition coefficient (Wildman–Crippen LogP) is 2.58. The highest BCUT2D eigenvalue weighted by Gasteiger charge is 2.35. The lowest BCUT2D eigenvalue weighted by Gasteiger charge is -2.17. The highest BCUT2D eigenvalue weighted by molar-refractivity contribution is 6.21. The first-order valence-electron chi connectivity index (χ1n) is 8.50. The summed E-state index contributed by atoms with van der Waals surface area (Å²) < 4.78 is 4.96. The van der Waals surface area contributed by atoms with Crippen molar-refractivity contribution >= 4 is 23.5 Å². The Bertz CT molecular complexity index is 660. The van der Waals surface area contributed by atoms with E-state index >= 15 is 0 Å². The fraction of sp³-hybridized carbons (Fsp3) is 0.500. The number of anilines is 1. The van der Waals surface area contributed by atoms with Gasteiger partial charge in [0, 0.05) is 39.5 Å². The Morgan fingerprint density at radius 2 is 1.92 bits per heavy atom. The van der Waals surface area contributed by atoms with E-state index in [9.17, 15) is 14.4 Å². The number of nitrogens with one attached hydrogen (secondary N) is 1. The molecule has 0 atom stereocenters. The van der Waals surface area contributed by atoms with Gasteiger partial charge in [-0.3, -0.25) is 14.5 Å². The van der Waals surface area contributed by atoms with E-state index in [-0.39, 0.29) is 17.8 Å². The summed E-state index contributed by atoms with van der Waals surface area (Å²) in [5.74, 6) is -0.624. The first kappa shape index (κ1) is 18.9. The van der Waals surface area contributed by atoms with Gasteiger partial charge in [-0.1, -0.05) is 13.3 Å². The molecule has 1 aromatic carbocycles. The summed E-state index contributed by atoms with van der Waals surface area (Å²) >= 11 is 0. The maximum Gasteiger partial charge on any atom is 0.321 e.